The highest BCUT2D eigenvalue weighted by Crippen LogP contribution is 2.30. The maximum absolute atomic E-state index is 12.7. The highest BCUT2D eigenvalue weighted by Gasteiger charge is 2.37. The Kier molecular flexibility index (Phi) is 4.57. The number of halogens is 2. The summed E-state index contributed by atoms with van der Waals surface area (Å²) in [4.78, 5) is 14.6. The molecule has 0 spiro atoms. The van der Waals surface area contributed by atoms with Crippen LogP contribution in [0.3, 0.4) is 0 Å². The fourth-order valence-electron chi connectivity index (χ4n) is 3.50. The molecule has 0 aliphatic carbocycles. The maximum Gasteiger partial charge on any atom is 0.387 e. The number of alkyl halides is 2. The Morgan fingerprint density at radius 3 is 2.86 bits per heavy atom. The van der Waals surface area contributed by atoms with Crippen molar-refractivity contribution in [2.45, 2.75) is 44.4 Å². The molecule has 0 saturated carbocycles. The Morgan fingerprint density at radius 1 is 1.27 bits per heavy atom. The number of para-hydroxylation sites is 1. The van der Waals surface area contributed by atoms with E-state index in [-0.39, 0.29) is 30.2 Å². The molecule has 2 atom stereocenters. The Labute approximate surface area is 128 Å². The standard InChI is InChI=1S/C16H20F2N2O2/c17-16(18)22-14-4-2-1-3-11(14)9-15(21)20-12-5-6-13(20)10-19-8-7-12/h1-4,12-13,16,19H,5-10H2. The number of fused-ring (bicyclic) bond motifs is 2. The van der Waals surface area contributed by atoms with Crippen LogP contribution in [0.2, 0.25) is 0 Å². The average molecular weight is 310 g/mol. The molecule has 2 bridgehead atoms. The molecule has 22 heavy (non-hydrogen) atoms. The third-order valence-corrected chi connectivity index (χ3v) is 4.47. The van der Waals surface area contributed by atoms with E-state index in [0.717, 1.165) is 32.4 Å². The predicted molar refractivity (Wildman–Crippen MR) is 77.9 cm³/mol. The van der Waals surface area contributed by atoms with Gasteiger partial charge in [-0.2, -0.15) is 8.78 Å². The van der Waals surface area contributed by atoms with E-state index in [0.29, 0.717) is 5.56 Å². The van der Waals surface area contributed by atoms with Crippen LogP contribution in [0.5, 0.6) is 5.75 Å². The van der Waals surface area contributed by atoms with Gasteiger partial charge in [0.25, 0.3) is 0 Å². The van der Waals surface area contributed by atoms with E-state index in [4.69, 9.17) is 0 Å². The van der Waals surface area contributed by atoms with Gasteiger partial charge in [-0.1, -0.05) is 18.2 Å². The molecule has 1 aromatic carbocycles. The molecule has 0 radical (unpaired) electrons. The lowest BCUT2D eigenvalue weighted by Crippen LogP contribution is -2.43. The predicted octanol–water partition coefficient (Wildman–Crippen LogP) is 2.18. The third-order valence-electron chi connectivity index (χ3n) is 4.47. The molecule has 6 heteroatoms. The van der Waals surface area contributed by atoms with Crippen LogP contribution in [0.1, 0.15) is 24.8 Å². The summed E-state index contributed by atoms with van der Waals surface area (Å²) in [5, 5.41) is 3.35. The molecule has 1 amide bonds. The van der Waals surface area contributed by atoms with Crippen molar-refractivity contribution >= 4 is 5.91 Å². The zero-order valence-electron chi connectivity index (χ0n) is 12.3. The van der Waals surface area contributed by atoms with Crippen LogP contribution in [-0.2, 0) is 11.2 Å². The van der Waals surface area contributed by atoms with E-state index in [2.05, 4.69) is 10.1 Å². The molecule has 0 aromatic heterocycles. The Bertz CT molecular complexity index is 525. The number of ether oxygens (including phenoxy) is 1. The summed E-state index contributed by atoms with van der Waals surface area (Å²) in [5.74, 6) is 0.0904. The van der Waals surface area contributed by atoms with Gasteiger partial charge < -0.3 is 15.0 Å². The van der Waals surface area contributed by atoms with Crippen molar-refractivity contribution in [3.63, 3.8) is 0 Å². The number of carbonyl (C=O) groups excluding carboxylic acids is 1. The highest BCUT2D eigenvalue weighted by atomic mass is 19.3. The second-order valence-electron chi connectivity index (χ2n) is 5.84. The quantitative estimate of drug-likeness (QED) is 0.927. The fourth-order valence-corrected chi connectivity index (χ4v) is 3.50. The summed E-state index contributed by atoms with van der Waals surface area (Å²) in [6, 6.07) is 7.02. The number of carbonyl (C=O) groups is 1. The van der Waals surface area contributed by atoms with Gasteiger partial charge in [-0.3, -0.25) is 4.79 Å². The van der Waals surface area contributed by atoms with E-state index in [1.807, 2.05) is 4.90 Å². The number of hydrogen-bond acceptors (Lipinski definition) is 3. The van der Waals surface area contributed by atoms with Crippen molar-refractivity contribution in [2.24, 2.45) is 0 Å². The number of amides is 1. The number of rotatable bonds is 4. The van der Waals surface area contributed by atoms with E-state index in [1.54, 1.807) is 18.2 Å². The zero-order chi connectivity index (χ0) is 15.5. The van der Waals surface area contributed by atoms with Crippen LogP contribution in [0, 0.1) is 0 Å². The first-order valence-electron chi connectivity index (χ1n) is 7.69. The number of nitrogens with one attached hydrogen (secondary N) is 1. The van der Waals surface area contributed by atoms with Gasteiger partial charge in [0.05, 0.1) is 6.42 Å². The molecule has 1 N–H and O–H groups in total. The van der Waals surface area contributed by atoms with Gasteiger partial charge in [0.15, 0.2) is 0 Å². The first kappa shape index (κ1) is 15.2. The first-order chi connectivity index (χ1) is 10.6. The van der Waals surface area contributed by atoms with Crippen molar-refractivity contribution in [3.05, 3.63) is 29.8 Å². The molecule has 2 saturated heterocycles. The molecular weight excluding hydrogens is 290 g/mol. The minimum absolute atomic E-state index is 0.00140. The Morgan fingerprint density at radius 2 is 2.05 bits per heavy atom. The van der Waals surface area contributed by atoms with Crippen LogP contribution in [0.25, 0.3) is 0 Å². The number of benzene rings is 1. The topological polar surface area (TPSA) is 41.6 Å². The minimum atomic E-state index is -2.88. The second-order valence-corrected chi connectivity index (χ2v) is 5.84. The summed E-state index contributed by atoms with van der Waals surface area (Å²) in [6.07, 6.45) is 3.11. The van der Waals surface area contributed by atoms with E-state index in [9.17, 15) is 13.6 Å². The van der Waals surface area contributed by atoms with Gasteiger partial charge in [0.1, 0.15) is 5.75 Å². The van der Waals surface area contributed by atoms with Gasteiger partial charge in [0.2, 0.25) is 5.91 Å². The van der Waals surface area contributed by atoms with E-state index in [1.165, 1.54) is 6.07 Å². The average Bonchev–Trinajstić information content (AvgIpc) is 2.74. The Balaban J connectivity index is 1.74. The van der Waals surface area contributed by atoms with Gasteiger partial charge in [-0.25, -0.2) is 0 Å². The van der Waals surface area contributed by atoms with Gasteiger partial charge in [-0.15, -0.1) is 0 Å². The molecule has 2 heterocycles. The summed E-state index contributed by atoms with van der Waals surface area (Å²) in [6.45, 7) is -1.14. The lowest BCUT2D eigenvalue weighted by molar-refractivity contribution is -0.133. The van der Waals surface area contributed by atoms with Crippen LogP contribution in [-0.4, -0.2) is 42.6 Å². The largest absolute Gasteiger partial charge is 0.435 e. The summed E-state index contributed by atoms with van der Waals surface area (Å²) in [7, 11) is 0. The smallest absolute Gasteiger partial charge is 0.387 e. The second kappa shape index (κ2) is 6.60. The minimum Gasteiger partial charge on any atom is -0.435 e. The van der Waals surface area contributed by atoms with Gasteiger partial charge >= 0.3 is 6.61 Å². The van der Waals surface area contributed by atoms with Crippen molar-refractivity contribution in [1.82, 2.24) is 10.2 Å². The molecule has 1 aromatic rings. The van der Waals surface area contributed by atoms with Crippen LogP contribution < -0.4 is 10.1 Å². The maximum atomic E-state index is 12.7. The van der Waals surface area contributed by atoms with E-state index >= 15 is 0 Å². The zero-order valence-corrected chi connectivity index (χ0v) is 12.3. The van der Waals surface area contributed by atoms with Crippen molar-refractivity contribution in [3.8, 4) is 5.75 Å². The molecule has 2 unspecified atom stereocenters. The van der Waals surface area contributed by atoms with Crippen molar-refractivity contribution in [1.29, 1.82) is 0 Å². The summed E-state index contributed by atoms with van der Waals surface area (Å²) < 4.78 is 29.4. The third kappa shape index (κ3) is 3.21. The molecule has 2 aliphatic rings. The normalized spacial score (nSPS) is 24.4. The molecule has 2 aliphatic heterocycles. The van der Waals surface area contributed by atoms with Crippen molar-refractivity contribution in [2.75, 3.05) is 13.1 Å². The van der Waals surface area contributed by atoms with Crippen molar-refractivity contribution < 1.29 is 18.3 Å². The molecule has 2 fully saturated rings. The summed E-state index contributed by atoms with van der Waals surface area (Å²) in [5.41, 5.74) is 0.518. The summed E-state index contributed by atoms with van der Waals surface area (Å²) >= 11 is 0. The van der Waals surface area contributed by atoms with E-state index < -0.39 is 6.61 Å². The first-order valence-corrected chi connectivity index (χ1v) is 7.69. The lowest BCUT2D eigenvalue weighted by Gasteiger charge is -2.28. The fraction of sp³-hybridized carbons (Fsp3) is 0.562. The Hall–Kier alpha value is -1.69. The number of hydrogen-bond donors (Lipinski definition) is 1. The van der Waals surface area contributed by atoms with Crippen LogP contribution >= 0.6 is 0 Å². The molecule has 120 valence electrons. The van der Waals surface area contributed by atoms with Gasteiger partial charge in [-0.05, 0) is 31.9 Å². The SMILES string of the molecule is O=C(Cc1ccccc1OC(F)F)N1C2CCNCC1CC2. The molecule has 3 rings (SSSR count). The van der Waals surface area contributed by atoms with Gasteiger partial charge in [0, 0.05) is 24.2 Å². The monoisotopic (exact) mass is 310 g/mol. The highest BCUT2D eigenvalue weighted by molar-refractivity contribution is 5.80. The lowest BCUT2D eigenvalue weighted by atomic mass is 10.1. The number of nitrogens with zero attached hydrogens (tertiary/aromatic N) is 1. The van der Waals surface area contributed by atoms with Crippen LogP contribution in [0.15, 0.2) is 24.3 Å². The molecule has 4 nitrogen and oxygen atoms in total. The molecular formula is C16H20F2N2O2. The van der Waals surface area contributed by atoms with Crippen LogP contribution in [0.4, 0.5) is 8.78 Å².